The van der Waals surface area contributed by atoms with E-state index in [0.717, 1.165) is 0 Å². The van der Waals surface area contributed by atoms with Gasteiger partial charge in [-0.25, -0.2) is 4.39 Å². The zero-order chi connectivity index (χ0) is 9.42. The predicted molar refractivity (Wildman–Crippen MR) is 51.5 cm³/mol. The minimum Gasteiger partial charge on any atom is -0.205 e. The van der Waals surface area contributed by atoms with Gasteiger partial charge in [0.2, 0.25) is 0 Å². The number of hydrogen-bond donors (Lipinski definition) is 0. The molecule has 1 aromatic heterocycles. The van der Waals surface area contributed by atoms with E-state index >= 15 is 0 Å². The monoisotopic (exact) mass is 211 g/mol. The highest BCUT2D eigenvalue weighted by molar-refractivity contribution is 7.17. The Morgan fingerprint density at radius 3 is 2.92 bits per heavy atom. The van der Waals surface area contributed by atoms with E-state index in [1.54, 1.807) is 6.07 Å². The summed E-state index contributed by atoms with van der Waals surface area (Å²) in [6, 6.07) is 5.09. The van der Waals surface area contributed by atoms with Gasteiger partial charge in [0.25, 0.3) is 0 Å². The maximum atomic E-state index is 13.1. The molecular weight excluding hydrogens is 209 g/mol. The molecule has 0 N–H and O–H groups in total. The second kappa shape index (κ2) is 2.99. The molecule has 64 valence electrons. The number of benzene rings is 1. The van der Waals surface area contributed by atoms with Crippen LogP contribution in [0.25, 0.3) is 10.1 Å². The van der Waals surface area contributed by atoms with Crippen molar-refractivity contribution in [1.29, 1.82) is 5.26 Å². The maximum Gasteiger partial charge on any atom is 0.141 e. The molecule has 0 aliphatic carbocycles. The number of thiophene rings is 1. The molecule has 2 rings (SSSR count). The number of nitrogens with zero attached hydrogens (tertiary/aromatic N) is 1. The standard InChI is InChI=1S/C9H3ClFNS/c10-7-2-1-5-8(11)4-13-9(5)6(7)3-12/h1-2,4H. The first kappa shape index (κ1) is 8.49. The molecule has 0 saturated heterocycles. The van der Waals surface area contributed by atoms with E-state index < -0.39 is 0 Å². The van der Waals surface area contributed by atoms with Gasteiger partial charge in [0, 0.05) is 10.8 Å². The molecule has 13 heavy (non-hydrogen) atoms. The Kier molecular flexibility index (Phi) is 1.95. The second-order valence-electron chi connectivity index (χ2n) is 2.49. The fourth-order valence-electron chi connectivity index (χ4n) is 1.15. The van der Waals surface area contributed by atoms with E-state index in [4.69, 9.17) is 16.9 Å². The van der Waals surface area contributed by atoms with E-state index in [-0.39, 0.29) is 5.82 Å². The van der Waals surface area contributed by atoms with Gasteiger partial charge in [-0.05, 0) is 12.1 Å². The third-order valence-corrected chi connectivity index (χ3v) is 3.06. The smallest absolute Gasteiger partial charge is 0.141 e. The van der Waals surface area contributed by atoms with Crippen molar-refractivity contribution in [1.82, 2.24) is 0 Å². The summed E-state index contributed by atoms with van der Waals surface area (Å²) in [7, 11) is 0. The Morgan fingerprint density at radius 1 is 1.46 bits per heavy atom. The lowest BCUT2D eigenvalue weighted by atomic mass is 10.2. The highest BCUT2D eigenvalue weighted by atomic mass is 35.5. The molecule has 0 radical (unpaired) electrons. The number of halogens is 2. The lowest BCUT2D eigenvalue weighted by Gasteiger charge is -1.95. The first-order chi connectivity index (χ1) is 6.24. The summed E-state index contributed by atoms with van der Waals surface area (Å²) < 4.78 is 13.7. The van der Waals surface area contributed by atoms with Crippen molar-refractivity contribution in [2.24, 2.45) is 0 Å². The topological polar surface area (TPSA) is 23.8 Å². The average molecular weight is 212 g/mol. The molecule has 0 spiro atoms. The molecule has 0 amide bonds. The summed E-state index contributed by atoms with van der Waals surface area (Å²) in [6.45, 7) is 0. The van der Waals surface area contributed by atoms with Crippen molar-refractivity contribution in [3.8, 4) is 6.07 Å². The van der Waals surface area contributed by atoms with Crippen LogP contribution in [-0.2, 0) is 0 Å². The van der Waals surface area contributed by atoms with Crippen molar-refractivity contribution in [3.63, 3.8) is 0 Å². The lowest BCUT2D eigenvalue weighted by molar-refractivity contribution is 0.644. The Balaban J connectivity index is 2.95. The number of hydrogen-bond acceptors (Lipinski definition) is 2. The van der Waals surface area contributed by atoms with Crippen molar-refractivity contribution >= 4 is 33.0 Å². The molecule has 0 aliphatic heterocycles. The summed E-state index contributed by atoms with van der Waals surface area (Å²) in [6.07, 6.45) is 0. The molecule has 4 heteroatoms. The molecule has 0 aliphatic rings. The molecule has 0 unspecified atom stereocenters. The summed E-state index contributed by atoms with van der Waals surface area (Å²) in [4.78, 5) is 0. The van der Waals surface area contributed by atoms with E-state index in [1.807, 2.05) is 6.07 Å². The van der Waals surface area contributed by atoms with Gasteiger partial charge >= 0.3 is 0 Å². The van der Waals surface area contributed by atoms with Gasteiger partial charge in [0.1, 0.15) is 11.9 Å². The fourth-order valence-corrected chi connectivity index (χ4v) is 2.32. The quantitative estimate of drug-likeness (QED) is 0.654. The van der Waals surface area contributed by atoms with Gasteiger partial charge in [-0.15, -0.1) is 11.3 Å². The van der Waals surface area contributed by atoms with Gasteiger partial charge < -0.3 is 0 Å². The van der Waals surface area contributed by atoms with Crippen LogP contribution >= 0.6 is 22.9 Å². The van der Waals surface area contributed by atoms with E-state index in [2.05, 4.69) is 0 Å². The van der Waals surface area contributed by atoms with Crippen LogP contribution in [0.5, 0.6) is 0 Å². The summed E-state index contributed by atoms with van der Waals surface area (Å²) in [5, 5.41) is 11.0. The molecule has 0 fully saturated rings. The molecule has 1 aromatic carbocycles. The van der Waals surface area contributed by atoms with Crippen molar-refractivity contribution in [2.45, 2.75) is 0 Å². The zero-order valence-electron chi connectivity index (χ0n) is 6.34. The van der Waals surface area contributed by atoms with Gasteiger partial charge in [0.05, 0.1) is 15.3 Å². The molecule has 1 nitrogen and oxygen atoms in total. The summed E-state index contributed by atoms with van der Waals surface area (Å²) >= 11 is 6.97. The Morgan fingerprint density at radius 2 is 2.23 bits per heavy atom. The number of nitriles is 1. The molecule has 2 aromatic rings. The normalized spacial score (nSPS) is 10.2. The van der Waals surface area contributed by atoms with E-state index in [1.165, 1.54) is 22.8 Å². The van der Waals surface area contributed by atoms with Gasteiger partial charge in [0.15, 0.2) is 0 Å². The molecule has 0 saturated carbocycles. The molecule has 0 atom stereocenters. The van der Waals surface area contributed by atoms with E-state index in [0.29, 0.717) is 20.7 Å². The highest BCUT2D eigenvalue weighted by Gasteiger charge is 2.10. The largest absolute Gasteiger partial charge is 0.205 e. The van der Waals surface area contributed by atoms with Crippen molar-refractivity contribution in [3.05, 3.63) is 33.9 Å². The maximum absolute atomic E-state index is 13.1. The highest BCUT2D eigenvalue weighted by Crippen LogP contribution is 2.31. The van der Waals surface area contributed by atoms with Crippen LogP contribution in [0.15, 0.2) is 17.5 Å². The van der Waals surface area contributed by atoms with Gasteiger partial charge in [-0.2, -0.15) is 5.26 Å². The minimum atomic E-state index is -0.298. The first-order valence-corrected chi connectivity index (χ1v) is 4.75. The Labute approximate surface area is 83.0 Å². The molecule has 1 heterocycles. The van der Waals surface area contributed by atoms with Crippen LogP contribution in [0.3, 0.4) is 0 Å². The third kappa shape index (κ3) is 1.19. The average Bonchev–Trinajstić information content (AvgIpc) is 2.48. The van der Waals surface area contributed by atoms with Crippen LogP contribution in [0, 0.1) is 17.1 Å². The third-order valence-electron chi connectivity index (χ3n) is 1.76. The Bertz CT molecular complexity index is 512. The zero-order valence-corrected chi connectivity index (χ0v) is 7.92. The van der Waals surface area contributed by atoms with Crippen LogP contribution in [0.2, 0.25) is 5.02 Å². The van der Waals surface area contributed by atoms with Crippen LogP contribution in [0.1, 0.15) is 5.56 Å². The second-order valence-corrected chi connectivity index (χ2v) is 3.78. The summed E-state index contributed by atoms with van der Waals surface area (Å²) in [5.74, 6) is -0.298. The minimum absolute atomic E-state index is 0.298. The van der Waals surface area contributed by atoms with Crippen LogP contribution < -0.4 is 0 Å². The van der Waals surface area contributed by atoms with E-state index in [9.17, 15) is 4.39 Å². The number of rotatable bonds is 0. The van der Waals surface area contributed by atoms with Crippen LogP contribution in [0.4, 0.5) is 4.39 Å². The van der Waals surface area contributed by atoms with Gasteiger partial charge in [-0.1, -0.05) is 11.6 Å². The van der Waals surface area contributed by atoms with Crippen molar-refractivity contribution in [2.75, 3.05) is 0 Å². The fraction of sp³-hybridized carbons (Fsp3) is 0. The summed E-state index contributed by atoms with van der Waals surface area (Å²) in [5.41, 5.74) is 0.355. The lowest BCUT2D eigenvalue weighted by Crippen LogP contribution is -1.77. The Hall–Kier alpha value is -1.11. The first-order valence-electron chi connectivity index (χ1n) is 3.49. The van der Waals surface area contributed by atoms with Gasteiger partial charge in [-0.3, -0.25) is 0 Å². The van der Waals surface area contributed by atoms with Crippen LogP contribution in [-0.4, -0.2) is 0 Å². The molecular formula is C9H3ClFNS. The van der Waals surface area contributed by atoms with Crippen molar-refractivity contribution < 1.29 is 4.39 Å². The number of fused-ring (bicyclic) bond motifs is 1. The predicted octanol–water partition coefficient (Wildman–Crippen LogP) is 3.57. The molecule has 0 bridgehead atoms. The SMILES string of the molecule is N#Cc1c(Cl)ccc2c(F)csc12.